The number of alkyl halides is 1. The maximum atomic E-state index is 13.7. The van der Waals surface area contributed by atoms with Crippen LogP contribution in [0.3, 0.4) is 0 Å². The lowest BCUT2D eigenvalue weighted by Crippen LogP contribution is -2.27. The molecule has 0 fully saturated rings. The van der Waals surface area contributed by atoms with Crippen LogP contribution in [-0.4, -0.2) is 11.7 Å². The Kier molecular flexibility index (Phi) is 2.57. The van der Waals surface area contributed by atoms with Crippen LogP contribution in [0.15, 0.2) is 18.2 Å². The van der Waals surface area contributed by atoms with Gasteiger partial charge in [0, 0.05) is 6.54 Å². The Morgan fingerprint density at radius 1 is 1.54 bits per heavy atom. The van der Waals surface area contributed by atoms with Gasteiger partial charge in [-0.1, -0.05) is 6.07 Å². The standard InChI is InChI=1S/C10H14FNO/c1-7-5-8(13)3-4-9(7)10(2,11)6-12/h3-5,13H,6,12H2,1-2H3. The fourth-order valence-electron chi connectivity index (χ4n) is 1.34. The molecule has 0 heterocycles. The van der Waals surface area contributed by atoms with Gasteiger partial charge in [-0.3, -0.25) is 0 Å². The third-order valence-corrected chi connectivity index (χ3v) is 2.15. The number of hydrogen-bond acceptors (Lipinski definition) is 2. The van der Waals surface area contributed by atoms with Crippen molar-refractivity contribution in [2.24, 2.45) is 5.73 Å². The fourth-order valence-corrected chi connectivity index (χ4v) is 1.34. The van der Waals surface area contributed by atoms with Gasteiger partial charge >= 0.3 is 0 Å². The normalized spacial score (nSPS) is 15.4. The van der Waals surface area contributed by atoms with Crippen molar-refractivity contribution in [3.8, 4) is 5.75 Å². The van der Waals surface area contributed by atoms with Gasteiger partial charge in [0.15, 0.2) is 0 Å². The van der Waals surface area contributed by atoms with E-state index in [1.807, 2.05) is 0 Å². The lowest BCUT2D eigenvalue weighted by Gasteiger charge is -2.20. The van der Waals surface area contributed by atoms with Crippen molar-refractivity contribution >= 4 is 0 Å². The van der Waals surface area contributed by atoms with Gasteiger partial charge in [0.25, 0.3) is 0 Å². The number of aryl methyl sites for hydroxylation is 1. The lowest BCUT2D eigenvalue weighted by molar-refractivity contribution is 0.202. The topological polar surface area (TPSA) is 46.2 Å². The van der Waals surface area contributed by atoms with E-state index < -0.39 is 5.67 Å². The maximum Gasteiger partial charge on any atom is 0.145 e. The molecule has 0 aliphatic rings. The molecule has 2 nitrogen and oxygen atoms in total. The highest BCUT2D eigenvalue weighted by Gasteiger charge is 2.25. The van der Waals surface area contributed by atoms with Crippen molar-refractivity contribution in [2.75, 3.05) is 6.54 Å². The Hall–Kier alpha value is -1.09. The molecule has 72 valence electrons. The average molecular weight is 183 g/mol. The van der Waals surface area contributed by atoms with E-state index in [0.29, 0.717) is 5.56 Å². The number of benzene rings is 1. The molecule has 1 rings (SSSR count). The van der Waals surface area contributed by atoms with Crippen LogP contribution in [0.4, 0.5) is 4.39 Å². The van der Waals surface area contributed by atoms with Crippen LogP contribution < -0.4 is 5.73 Å². The van der Waals surface area contributed by atoms with Gasteiger partial charge < -0.3 is 10.8 Å². The van der Waals surface area contributed by atoms with E-state index in [1.165, 1.54) is 19.1 Å². The van der Waals surface area contributed by atoms with Gasteiger partial charge in [-0.15, -0.1) is 0 Å². The molecular formula is C10H14FNO. The first-order valence-electron chi connectivity index (χ1n) is 4.16. The average Bonchev–Trinajstić information content (AvgIpc) is 2.03. The van der Waals surface area contributed by atoms with E-state index in [2.05, 4.69) is 0 Å². The molecule has 0 aliphatic heterocycles. The first kappa shape index (κ1) is 9.99. The minimum atomic E-state index is -1.52. The highest BCUT2D eigenvalue weighted by atomic mass is 19.1. The first-order valence-corrected chi connectivity index (χ1v) is 4.16. The summed E-state index contributed by atoms with van der Waals surface area (Å²) in [5.41, 5.74) is 5.04. The summed E-state index contributed by atoms with van der Waals surface area (Å²) in [5.74, 6) is 0.147. The van der Waals surface area contributed by atoms with Crippen LogP contribution in [0, 0.1) is 6.92 Å². The molecule has 1 aromatic carbocycles. The van der Waals surface area contributed by atoms with E-state index in [0.717, 1.165) is 5.56 Å². The third-order valence-electron chi connectivity index (χ3n) is 2.15. The van der Waals surface area contributed by atoms with Crippen LogP contribution in [0.2, 0.25) is 0 Å². The predicted octanol–water partition coefficient (Wildman–Crippen LogP) is 1.84. The van der Waals surface area contributed by atoms with E-state index in [9.17, 15) is 4.39 Å². The molecule has 0 spiro atoms. The highest BCUT2D eigenvalue weighted by molar-refractivity contribution is 5.37. The molecule has 1 atom stereocenters. The van der Waals surface area contributed by atoms with Crippen LogP contribution in [0.25, 0.3) is 0 Å². The number of aromatic hydroxyl groups is 1. The maximum absolute atomic E-state index is 13.7. The summed E-state index contributed by atoms with van der Waals surface area (Å²) in [5, 5.41) is 9.12. The summed E-state index contributed by atoms with van der Waals surface area (Å²) < 4.78 is 13.7. The summed E-state index contributed by atoms with van der Waals surface area (Å²) in [4.78, 5) is 0. The first-order chi connectivity index (χ1) is 5.97. The minimum absolute atomic E-state index is 0.0569. The monoisotopic (exact) mass is 183 g/mol. The van der Waals surface area contributed by atoms with Crippen LogP contribution in [0.5, 0.6) is 5.75 Å². The van der Waals surface area contributed by atoms with Crippen molar-refractivity contribution in [1.29, 1.82) is 0 Å². The van der Waals surface area contributed by atoms with Gasteiger partial charge in [0.1, 0.15) is 11.4 Å². The molecule has 3 heteroatoms. The Morgan fingerprint density at radius 2 is 2.15 bits per heavy atom. The number of nitrogens with two attached hydrogens (primary N) is 1. The van der Waals surface area contributed by atoms with Crippen LogP contribution >= 0.6 is 0 Å². The van der Waals surface area contributed by atoms with Gasteiger partial charge in [0.05, 0.1) is 0 Å². The number of rotatable bonds is 2. The van der Waals surface area contributed by atoms with Crippen molar-refractivity contribution in [3.05, 3.63) is 29.3 Å². The SMILES string of the molecule is Cc1cc(O)ccc1C(C)(F)CN. The zero-order valence-electron chi connectivity index (χ0n) is 7.84. The number of phenolic OH excluding ortho intramolecular Hbond substituents is 1. The second-order valence-corrected chi connectivity index (χ2v) is 3.40. The minimum Gasteiger partial charge on any atom is -0.508 e. The summed E-state index contributed by atoms with van der Waals surface area (Å²) in [6.45, 7) is 3.13. The van der Waals surface area contributed by atoms with E-state index >= 15 is 0 Å². The summed E-state index contributed by atoms with van der Waals surface area (Å²) in [6.07, 6.45) is 0. The van der Waals surface area contributed by atoms with Crippen molar-refractivity contribution in [3.63, 3.8) is 0 Å². The smallest absolute Gasteiger partial charge is 0.145 e. The summed E-state index contributed by atoms with van der Waals surface area (Å²) >= 11 is 0. The second-order valence-electron chi connectivity index (χ2n) is 3.40. The Bertz CT molecular complexity index is 310. The van der Waals surface area contributed by atoms with Crippen molar-refractivity contribution in [1.82, 2.24) is 0 Å². The molecule has 3 N–H and O–H groups in total. The fraction of sp³-hybridized carbons (Fsp3) is 0.400. The van der Waals surface area contributed by atoms with Crippen LogP contribution in [0.1, 0.15) is 18.1 Å². The van der Waals surface area contributed by atoms with Crippen molar-refractivity contribution in [2.45, 2.75) is 19.5 Å². The molecule has 13 heavy (non-hydrogen) atoms. The van der Waals surface area contributed by atoms with Gasteiger partial charge in [-0.25, -0.2) is 4.39 Å². The molecule has 0 saturated heterocycles. The molecule has 0 saturated carbocycles. The lowest BCUT2D eigenvalue weighted by atomic mass is 9.93. The molecule has 0 bridgehead atoms. The van der Waals surface area contributed by atoms with Gasteiger partial charge in [0.2, 0.25) is 0 Å². The van der Waals surface area contributed by atoms with Gasteiger partial charge in [-0.2, -0.15) is 0 Å². The third kappa shape index (κ3) is 1.98. The molecule has 0 amide bonds. The quantitative estimate of drug-likeness (QED) is 0.735. The highest BCUT2D eigenvalue weighted by Crippen LogP contribution is 2.28. The van der Waals surface area contributed by atoms with Crippen molar-refractivity contribution < 1.29 is 9.50 Å². The molecule has 0 radical (unpaired) electrons. The molecule has 1 aromatic rings. The zero-order valence-corrected chi connectivity index (χ0v) is 7.84. The molecule has 0 aromatic heterocycles. The second kappa shape index (κ2) is 3.34. The predicted molar refractivity (Wildman–Crippen MR) is 50.4 cm³/mol. The van der Waals surface area contributed by atoms with E-state index in [1.54, 1.807) is 13.0 Å². The summed E-state index contributed by atoms with van der Waals surface area (Å²) in [6, 6.07) is 4.57. The molecule has 1 unspecified atom stereocenters. The molecule has 0 aliphatic carbocycles. The van der Waals surface area contributed by atoms with E-state index in [-0.39, 0.29) is 12.3 Å². The zero-order chi connectivity index (χ0) is 10.1. The molecular weight excluding hydrogens is 169 g/mol. The van der Waals surface area contributed by atoms with Gasteiger partial charge in [-0.05, 0) is 37.1 Å². The van der Waals surface area contributed by atoms with E-state index in [4.69, 9.17) is 10.8 Å². The number of hydrogen-bond donors (Lipinski definition) is 2. The Morgan fingerprint density at radius 3 is 2.62 bits per heavy atom. The largest absolute Gasteiger partial charge is 0.508 e. The van der Waals surface area contributed by atoms with Crippen LogP contribution in [-0.2, 0) is 5.67 Å². The summed E-state index contributed by atoms with van der Waals surface area (Å²) in [7, 11) is 0. The Balaban J connectivity index is 3.16. The number of phenols is 1. The number of halogens is 1. The Labute approximate surface area is 77.2 Å².